The second kappa shape index (κ2) is 5.69. The number of hydrogen-bond donors (Lipinski definition) is 3. The van der Waals surface area contributed by atoms with Crippen molar-refractivity contribution in [1.29, 1.82) is 0 Å². The normalized spacial score (nSPS) is 21.6. The lowest BCUT2D eigenvalue weighted by molar-refractivity contribution is 0.0691. The molecule has 5 heteroatoms. The molecule has 2 atom stereocenters. The van der Waals surface area contributed by atoms with Crippen LogP contribution in [-0.2, 0) is 0 Å². The van der Waals surface area contributed by atoms with Gasteiger partial charge in [0, 0.05) is 29.6 Å². The van der Waals surface area contributed by atoms with Gasteiger partial charge in [0.2, 0.25) is 0 Å². The van der Waals surface area contributed by atoms with Gasteiger partial charge in [-0.1, -0.05) is 24.6 Å². The SMILES string of the molecule is O=C(O)c1cc(NC2CCCC2CO)c2ccccc2n1. The molecule has 110 valence electrons. The van der Waals surface area contributed by atoms with Gasteiger partial charge in [0.05, 0.1) is 5.52 Å². The molecule has 2 unspecified atom stereocenters. The van der Waals surface area contributed by atoms with Gasteiger partial charge >= 0.3 is 5.97 Å². The fourth-order valence-electron chi connectivity index (χ4n) is 3.05. The van der Waals surface area contributed by atoms with Crippen LogP contribution in [0.15, 0.2) is 30.3 Å². The Morgan fingerprint density at radius 1 is 1.33 bits per heavy atom. The van der Waals surface area contributed by atoms with E-state index in [0.717, 1.165) is 30.3 Å². The van der Waals surface area contributed by atoms with Gasteiger partial charge < -0.3 is 15.5 Å². The van der Waals surface area contributed by atoms with Crippen LogP contribution in [0.2, 0.25) is 0 Å². The number of hydrogen-bond acceptors (Lipinski definition) is 4. The summed E-state index contributed by atoms with van der Waals surface area (Å²) in [7, 11) is 0. The number of para-hydroxylation sites is 1. The molecule has 3 rings (SSSR count). The van der Waals surface area contributed by atoms with E-state index < -0.39 is 5.97 Å². The molecule has 1 heterocycles. The van der Waals surface area contributed by atoms with E-state index in [1.54, 1.807) is 6.07 Å². The number of carbonyl (C=O) groups is 1. The summed E-state index contributed by atoms with van der Waals surface area (Å²) in [6.45, 7) is 0.159. The number of aliphatic hydroxyl groups is 1. The molecule has 0 radical (unpaired) electrons. The third-order valence-electron chi connectivity index (χ3n) is 4.17. The number of carboxylic acids is 1. The van der Waals surface area contributed by atoms with Gasteiger partial charge in [-0.05, 0) is 25.0 Å². The molecule has 1 fully saturated rings. The first-order valence-corrected chi connectivity index (χ1v) is 7.19. The summed E-state index contributed by atoms with van der Waals surface area (Å²) in [5.41, 5.74) is 1.48. The highest BCUT2D eigenvalue weighted by atomic mass is 16.4. The van der Waals surface area contributed by atoms with Gasteiger partial charge in [-0.3, -0.25) is 0 Å². The van der Waals surface area contributed by atoms with E-state index in [-0.39, 0.29) is 24.3 Å². The zero-order valence-corrected chi connectivity index (χ0v) is 11.6. The van der Waals surface area contributed by atoms with Crippen molar-refractivity contribution in [2.24, 2.45) is 5.92 Å². The summed E-state index contributed by atoms with van der Waals surface area (Å²) in [6.07, 6.45) is 3.07. The number of rotatable bonds is 4. The smallest absolute Gasteiger partial charge is 0.354 e. The second-order valence-electron chi connectivity index (χ2n) is 5.50. The predicted octanol–water partition coefficient (Wildman–Crippen LogP) is 2.51. The maximum atomic E-state index is 11.2. The fraction of sp³-hybridized carbons (Fsp3) is 0.375. The molecule has 1 aromatic carbocycles. The van der Waals surface area contributed by atoms with Crippen LogP contribution in [0.5, 0.6) is 0 Å². The first kappa shape index (κ1) is 13.8. The minimum Gasteiger partial charge on any atom is -0.477 e. The number of pyridine rings is 1. The maximum absolute atomic E-state index is 11.2. The molecule has 1 saturated carbocycles. The van der Waals surface area contributed by atoms with E-state index in [2.05, 4.69) is 10.3 Å². The van der Waals surface area contributed by atoms with E-state index in [9.17, 15) is 15.0 Å². The number of nitrogens with zero attached hydrogens (tertiary/aromatic N) is 1. The Morgan fingerprint density at radius 3 is 2.90 bits per heavy atom. The number of benzene rings is 1. The van der Waals surface area contributed by atoms with Crippen LogP contribution in [0.4, 0.5) is 5.69 Å². The molecule has 1 aromatic heterocycles. The van der Waals surface area contributed by atoms with Crippen LogP contribution < -0.4 is 5.32 Å². The number of aliphatic hydroxyl groups excluding tert-OH is 1. The standard InChI is InChI=1S/C16H18N2O3/c19-9-10-4-3-7-12(10)17-14-8-15(16(20)21)18-13-6-2-1-5-11(13)14/h1-2,5-6,8,10,12,19H,3-4,7,9H2,(H,17,18)(H,20,21). The number of carboxylic acid groups (broad SMARTS) is 1. The third kappa shape index (κ3) is 2.69. The Balaban J connectivity index is 2.01. The summed E-state index contributed by atoms with van der Waals surface area (Å²) in [4.78, 5) is 15.4. The van der Waals surface area contributed by atoms with Crippen molar-refractivity contribution in [2.45, 2.75) is 25.3 Å². The predicted molar refractivity (Wildman–Crippen MR) is 80.5 cm³/mol. The summed E-state index contributed by atoms with van der Waals surface area (Å²) in [6, 6.07) is 9.26. The fourth-order valence-corrected chi connectivity index (χ4v) is 3.05. The van der Waals surface area contributed by atoms with E-state index in [0.29, 0.717) is 5.52 Å². The average Bonchev–Trinajstić information content (AvgIpc) is 2.94. The molecule has 5 nitrogen and oxygen atoms in total. The molecule has 2 aromatic rings. The number of aromatic nitrogens is 1. The molecule has 0 amide bonds. The Labute approximate surface area is 122 Å². The maximum Gasteiger partial charge on any atom is 0.354 e. The third-order valence-corrected chi connectivity index (χ3v) is 4.17. The molecule has 3 N–H and O–H groups in total. The molecular formula is C16H18N2O3. The lowest BCUT2D eigenvalue weighted by Crippen LogP contribution is -2.26. The highest BCUT2D eigenvalue weighted by Gasteiger charge is 2.27. The molecule has 0 bridgehead atoms. The number of fused-ring (bicyclic) bond motifs is 1. The minimum absolute atomic E-state index is 0.0368. The van der Waals surface area contributed by atoms with Gasteiger partial charge in [0.1, 0.15) is 0 Å². The zero-order valence-electron chi connectivity index (χ0n) is 11.6. The van der Waals surface area contributed by atoms with Crippen molar-refractivity contribution < 1.29 is 15.0 Å². The lowest BCUT2D eigenvalue weighted by Gasteiger charge is -2.21. The number of anilines is 1. The quantitative estimate of drug-likeness (QED) is 0.804. The van der Waals surface area contributed by atoms with Crippen LogP contribution in [0.25, 0.3) is 10.9 Å². The van der Waals surface area contributed by atoms with Crippen molar-refractivity contribution >= 4 is 22.6 Å². The van der Waals surface area contributed by atoms with Gasteiger partial charge in [-0.15, -0.1) is 0 Å². The molecule has 0 saturated heterocycles. The Hall–Kier alpha value is -2.14. The molecule has 0 aliphatic heterocycles. The topological polar surface area (TPSA) is 82.5 Å². The van der Waals surface area contributed by atoms with Gasteiger partial charge in [0.25, 0.3) is 0 Å². The molecule has 1 aliphatic rings. The highest BCUT2D eigenvalue weighted by Crippen LogP contribution is 2.31. The molecule has 0 spiro atoms. The van der Waals surface area contributed by atoms with Crippen LogP contribution in [0.1, 0.15) is 29.8 Å². The Kier molecular flexibility index (Phi) is 3.75. The molecular weight excluding hydrogens is 268 g/mol. The summed E-state index contributed by atoms with van der Waals surface area (Å²) < 4.78 is 0. The summed E-state index contributed by atoms with van der Waals surface area (Å²) in [5, 5.41) is 22.9. The van der Waals surface area contributed by atoms with Crippen LogP contribution >= 0.6 is 0 Å². The monoisotopic (exact) mass is 286 g/mol. The van der Waals surface area contributed by atoms with Gasteiger partial charge in [0.15, 0.2) is 5.69 Å². The number of aromatic carboxylic acids is 1. The van der Waals surface area contributed by atoms with Crippen molar-refractivity contribution in [2.75, 3.05) is 11.9 Å². The van der Waals surface area contributed by atoms with Crippen molar-refractivity contribution in [3.63, 3.8) is 0 Å². The lowest BCUT2D eigenvalue weighted by atomic mass is 10.0. The highest BCUT2D eigenvalue weighted by molar-refractivity contribution is 5.97. The second-order valence-corrected chi connectivity index (χ2v) is 5.50. The number of nitrogens with one attached hydrogen (secondary N) is 1. The van der Waals surface area contributed by atoms with E-state index in [4.69, 9.17) is 0 Å². The minimum atomic E-state index is -1.03. The summed E-state index contributed by atoms with van der Waals surface area (Å²) in [5.74, 6) is -0.806. The van der Waals surface area contributed by atoms with Crippen molar-refractivity contribution in [3.05, 3.63) is 36.0 Å². The average molecular weight is 286 g/mol. The van der Waals surface area contributed by atoms with Crippen molar-refractivity contribution in [1.82, 2.24) is 4.98 Å². The molecule has 21 heavy (non-hydrogen) atoms. The van der Waals surface area contributed by atoms with E-state index >= 15 is 0 Å². The summed E-state index contributed by atoms with van der Waals surface area (Å²) >= 11 is 0. The van der Waals surface area contributed by atoms with Crippen LogP contribution in [0.3, 0.4) is 0 Å². The first-order chi connectivity index (χ1) is 10.2. The molecule has 1 aliphatic carbocycles. The Morgan fingerprint density at radius 2 is 2.14 bits per heavy atom. The van der Waals surface area contributed by atoms with E-state index in [1.165, 1.54) is 0 Å². The van der Waals surface area contributed by atoms with Crippen LogP contribution in [0, 0.1) is 5.92 Å². The van der Waals surface area contributed by atoms with Crippen molar-refractivity contribution in [3.8, 4) is 0 Å². The van der Waals surface area contributed by atoms with Crippen LogP contribution in [-0.4, -0.2) is 33.8 Å². The van der Waals surface area contributed by atoms with E-state index in [1.807, 2.05) is 24.3 Å². The van der Waals surface area contributed by atoms with Gasteiger partial charge in [-0.2, -0.15) is 0 Å². The zero-order chi connectivity index (χ0) is 14.8. The first-order valence-electron chi connectivity index (χ1n) is 7.19. The Bertz CT molecular complexity index is 672. The van der Waals surface area contributed by atoms with Gasteiger partial charge in [-0.25, -0.2) is 9.78 Å². The largest absolute Gasteiger partial charge is 0.477 e.